The van der Waals surface area contributed by atoms with E-state index in [1.54, 1.807) is 32.9 Å². The summed E-state index contributed by atoms with van der Waals surface area (Å²) in [5.74, 6) is -3.46. The van der Waals surface area contributed by atoms with Crippen LogP contribution in [0.4, 0.5) is 20.2 Å². The van der Waals surface area contributed by atoms with Crippen LogP contribution in [0.1, 0.15) is 153 Å². The topological polar surface area (TPSA) is 211 Å². The molecule has 0 amide bonds. The molecule has 14 rings (SSSR count). The fourth-order valence-corrected chi connectivity index (χ4v) is 18.9. The number of aliphatic hydroxyl groups excluding tert-OH is 1. The van der Waals surface area contributed by atoms with Crippen LogP contribution in [0, 0.1) is 79.7 Å². The maximum absolute atomic E-state index is 17.6. The zero-order valence-electron chi connectivity index (χ0n) is 51.8. The molecule has 4 saturated heterocycles. The molecule has 3 N–H and O–H groups in total. The second-order valence-electron chi connectivity index (χ2n) is 28.1. The lowest BCUT2D eigenvalue weighted by Gasteiger charge is -2.59. The van der Waals surface area contributed by atoms with Gasteiger partial charge in [-0.15, -0.1) is 0 Å². The number of rotatable bonds is 13. The fraction of sp³-hybridized carbons (Fsp3) is 0.618. The number of nitrogens with zero attached hydrogens (tertiary/aromatic N) is 5. The van der Waals surface area contributed by atoms with E-state index in [1.807, 2.05) is 31.9 Å². The molecule has 10 aliphatic rings. The number of hydrogen-bond donors (Lipinski definition) is 3. The summed E-state index contributed by atoms with van der Waals surface area (Å²) in [5.41, 5.74) is -2.16. The molecule has 470 valence electrons. The Morgan fingerprint density at radius 1 is 0.739 bits per heavy atom. The zero-order chi connectivity index (χ0) is 61.9. The van der Waals surface area contributed by atoms with Crippen molar-refractivity contribution in [2.24, 2.45) is 40.4 Å². The molecular formula is C68H82F2N6O12. The second kappa shape index (κ2) is 21.3. The van der Waals surface area contributed by atoms with Crippen molar-refractivity contribution >= 4 is 56.7 Å². The first kappa shape index (κ1) is 59.2. The molecule has 6 aliphatic carbocycles. The number of anilines is 2. The number of aryl methyl sites for hydroxylation is 2. The number of fused-ring (bicyclic) bond motifs is 9. The smallest absolute Gasteiger partial charge is 0.345 e. The lowest BCUT2D eigenvalue weighted by molar-refractivity contribution is -0.178. The van der Waals surface area contributed by atoms with E-state index < -0.39 is 69.4 Å². The van der Waals surface area contributed by atoms with Crippen LogP contribution in [0.15, 0.2) is 33.4 Å². The van der Waals surface area contributed by atoms with Crippen LogP contribution >= 0.6 is 0 Å². The maximum atomic E-state index is 17.6. The van der Waals surface area contributed by atoms with Gasteiger partial charge in [-0.2, -0.15) is 0 Å². The highest BCUT2D eigenvalue weighted by molar-refractivity contribution is 6.03. The number of ketones is 2. The number of benzene rings is 2. The van der Waals surface area contributed by atoms with Crippen molar-refractivity contribution in [3.05, 3.63) is 89.5 Å². The predicted octanol–water partition coefficient (Wildman–Crippen LogP) is 8.15. The van der Waals surface area contributed by atoms with Crippen LogP contribution in [-0.4, -0.2) is 138 Å². The minimum Gasteiger partial charge on any atom is -0.492 e. The van der Waals surface area contributed by atoms with Gasteiger partial charge in [-0.05, 0) is 154 Å². The number of piperidine rings is 2. The number of hydrogen-bond acceptors (Lipinski definition) is 16. The molecule has 88 heavy (non-hydrogen) atoms. The molecule has 20 heteroatoms. The molecule has 6 heterocycles. The Kier molecular flexibility index (Phi) is 14.3. The van der Waals surface area contributed by atoms with Gasteiger partial charge in [-0.1, -0.05) is 25.5 Å². The van der Waals surface area contributed by atoms with Crippen LogP contribution < -0.4 is 35.4 Å². The Hall–Kier alpha value is -6.48. The Morgan fingerprint density at radius 3 is 1.91 bits per heavy atom. The quantitative estimate of drug-likeness (QED) is 0.108. The number of aromatic nitrogens is 2. The molecule has 9 fully saturated rings. The minimum absolute atomic E-state index is 0.0103. The van der Waals surface area contributed by atoms with Gasteiger partial charge >= 0.3 is 11.9 Å². The highest BCUT2D eigenvalue weighted by Crippen LogP contribution is 2.67. The van der Waals surface area contributed by atoms with E-state index in [1.165, 1.54) is 21.1 Å². The van der Waals surface area contributed by atoms with Crippen LogP contribution in [0.3, 0.4) is 0 Å². The van der Waals surface area contributed by atoms with Gasteiger partial charge in [0, 0.05) is 96.2 Å². The van der Waals surface area contributed by atoms with Gasteiger partial charge in [0.1, 0.15) is 34.8 Å². The normalized spacial score (nSPS) is 31.7. The summed E-state index contributed by atoms with van der Waals surface area (Å²) in [6, 6.07) is -0.162. The number of carbonyl (C=O) groups is 4. The van der Waals surface area contributed by atoms with Gasteiger partial charge in [0.05, 0.1) is 42.1 Å². The summed E-state index contributed by atoms with van der Waals surface area (Å²) in [7, 11) is 2.94. The van der Waals surface area contributed by atoms with E-state index in [0.717, 1.165) is 50.6 Å². The minimum atomic E-state index is -1.94. The highest BCUT2D eigenvalue weighted by Gasteiger charge is 2.68. The van der Waals surface area contributed by atoms with E-state index in [2.05, 4.69) is 17.1 Å². The average Bonchev–Trinajstić information content (AvgIpc) is 1.52. The molecule has 4 unspecified atom stereocenters. The fourth-order valence-electron chi connectivity index (χ4n) is 18.9. The average molecular weight is 1210 g/mol. The van der Waals surface area contributed by atoms with Crippen molar-refractivity contribution in [2.75, 3.05) is 76.6 Å². The SMILES string of the molecule is COc1c(N2CC3CCCNC3C2)c(F)c(C)c2c(=O)c(C(=O)OCN3CCCC4CN(c5c(F)c(C)c6c(=O)c(C(=O)OCC(=O)[C@@]7(O)CC[C@H]8[C@@H]9CCC%10=CC(=O)C=C[C@]%10(C)[C@H]9[C@@H](O)C[C@@]87C)c(C)n(C7CC7)c6c5OC)CC43)c(C)n(C3CC3)c12. The molecule has 0 radical (unpaired) electrons. The van der Waals surface area contributed by atoms with Crippen molar-refractivity contribution in [3.63, 3.8) is 0 Å². The number of esters is 2. The second-order valence-corrected chi connectivity index (χ2v) is 28.1. The van der Waals surface area contributed by atoms with Gasteiger partial charge in [0.25, 0.3) is 0 Å². The Bertz CT molecular complexity index is 3870. The molecular weight excluding hydrogens is 1130 g/mol. The third-order valence-corrected chi connectivity index (χ3v) is 23.6. The molecule has 0 spiro atoms. The third-order valence-electron chi connectivity index (χ3n) is 23.6. The van der Waals surface area contributed by atoms with Gasteiger partial charge < -0.3 is 53.4 Å². The summed E-state index contributed by atoms with van der Waals surface area (Å²) in [6.07, 6.45) is 13.1. The van der Waals surface area contributed by atoms with Crippen LogP contribution in [0.2, 0.25) is 0 Å². The largest absolute Gasteiger partial charge is 0.492 e. The van der Waals surface area contributed by atoms with Crippen LogP contribution in [0.5, 0.6) is 11.5 Å². The number of Topliss-reactive ketones (excluding diaryl/α,β-unsaturated/α-hetero) is 1. The van der Waals surface area contributed by atoms with Crippen molar-refractivity contribution in [3.8, 4) is 11.5 Å². The van der Waals surface area contributed by atoms with E-state index in [-0.39, 0.29) is 123 Å². The molecule has 2 aromatic heterocycles. The third kappa shape index (κ3) is 8.69. The van der Waals surface area contributed by atoms with E-state index in [4.69, 9.17) is 18.9 Å². The zero-order valence-corrected chi connectivity index (χ0v) is 51.8. The number of methoxy groups -OCH3 is 2. The molecule has 4 aromatic rings. The first-order valence-electron chi connectivity index (χ1n) is 32.2. The molecule has 0 bridgehead atoms. The van der Waals surface area contributed by atoms with E-state index in [9.17, 15) is 39.0 Å². The Balaban J connectivity index is 0.713. The Labute approximate surface area is 510 Å². The standard InChI is InChI=1S/C68H82F2N6O12/c1-33-50-56(62(85-7)58(54(33)69)73-27-37-11-9-23-71-45(37)29-73)76(41-16-17-41)36(4)52(61(50)81)65(83)88-32-72-24-10-12-38-28-74(30-46(38)72)59-55(70)34(2)49-57(63(59)86-8)75(40-14-15-40)35(3)51(60(49)80)64(82)87-31-48(79)68(84)22-20-44-43-18-13-39-25-42(77)19-21-66(39,5)53(43)47(78)26-67(44,68)6/h19,21,25,37-38,40-41,43-47,53,71,78,84H,9-18,20,22-24,26-32H2,1-8H3/t37?,38?,43-,44-,45?,46?,47-,53+,66-,67-,68-/m0/s1. The van der Waals surface area contributed by atoms with Gasteiger partial charge in [0.2, 0.25) is 16.6 Å². The van der Waals surface area contributed by atoms with Gasteiger partial charge in [-0.3, -0.25) is 24.1 Å². The molecule has 11 atom stereocenters. The number of likely N-dealkylation sites (tertiary alicyclic amines) is 1. The van der Waals surface area contributed by atoms with Crippen molar-refractivity contribution in [1.29, 1.82) is 0 Å². The van der Waals surface area contributed by atoms with Gasteiger partial charge in [-0.25, -0.2) is 18.4 Å². The number of allylic oxidation sites excluding steroid dienone is 4. The van der Waals surface area contributed by atoms with Crippen molar-refractivity contribution in [1.82, 2.24) is 19.4 Å². The predicted molar refractivity (Wildman–Crippen MR) is 326 cm³/mol. The van der Waals surface area contributed by atoms with E-state index in [0.29, 0.717) is 98.9 Å². The maximum Gasteiger partial charge on any atom is 0.345 e. The Morgan fingerprint density at radius 2 is 1.32 bits per heavy atom. The molecule has 5 saturated carbocycles. The highest BCUT2D eigenvalue weighted by atomic mass is 19.1. The summed E-state index contributed by atoms with van der Waals surface area (Å²) in [4.78, 5) is 91.6. The number of nitrogens with one attached hydrogen (secondary N) is 1. The van der Waals surface area contributed by atoms with Crippen LogP contribution in [-0.2, 0) is 19.1 Å². The lowest BCUT2D eigenvalue weighted by Crippen LogP contribution is -2.61. The molecule has 18 nitrogen and oxygen atoms in total. The van der Waals surface area contributed by atoms with Crippen LogP contribution in [0.25, 0.3) is 21.8 Å². The van der Waals surface area contributed by atoms with E-state index >= 15 is 8.78 Å². The molecule has 4 aliphatic heterocycles. The first-order valence-corrected chi connectivity index (χ1v) is 32.2. The number of pyridine rings is 2. The number of halogens is 2. The number of aliphatic hydroxyl groups is 2. The number of carbonyl (C=O) groups excluding carboxylic acids is 4. The first-order chi connectivity index (χ1) is 42.1. The van der Waals surface area contributed by atoms with Crippen molar-refractivity contribution in [2.45, 2.75) is 161 Å². The summed E-state index contributed by atoms with van der Waals surface area (Å²) in [5, 5.41) is 28.1. The molecule has 2 aromatic carbocycles. The summed E-state index contributed by atoms with van der Waals surface area (Å²) in [6.45, 7) is 12.9. The lowest BCUT2D eigenvalue weighted by atomic mass is 9.46. The number of ether oxygens (including phenoxy) is 4. The van der Waals surface area contributed by atoms with Gasteiger partial charge in [0.15, 0.2) is 35.5 Å². The van der Waals surface area contributed by atoms with Crippen molar-refractivity contribution < 1.29 is 57.1 Å². The summed E-state index contributed by atoms with van der Waals surface area (Å²) >= 11 is 0. The monoisotopic (exact) mass is 1210 g/mol. The summed E-state index contributed by atoms with van der Waals surface area (Å²) < 4.78 is 62.6.